The number of phenolic OH excluding ortho intramolecular Hbond substituents is 1. The number of carboxylic acids is 1. The lowest BCUT2D eigenvalue weighted by atomic mass is 10.0. The van der Waals surface area contributed by atoms with Gasteiger partial charge in [0, 0.05) is 19.7 Å². The van der Waals surface area contributed by atoms with Crippen molar-refractivity contribution in [2.75, 3.05) is 39.5 Å². The van der Waals surface area contributed by atoms with Crippen molar-refractivity contribution in [3.8, 4) is 28.4 Å². The molecule has 0 bridgehead atoms. The predicted molar refractivity (Wildman–Crippen MR) is 132 cm³/mol. The number of phenols is 1. The number of aromatic hydroxyl groups is 1. The second-order valence-corrected chi connectivity index (χ2v) is 7.75. The van der Waals surface area contributed by atoms with E-state index in [4.69, 9.17) is 14.2 Å². The Kier molecular flexibility index (Phi) is 9.92. The fourth-order valence-electron chi connectivity index (χ4n) is 3.43. The molecule has 1 atom stereocenters. The number of aliphatic hydroxyl groups excluding tert-OH is 1. The predicted octanol–water partition coefficient (Wildman–Crippen LogP) is 3.87. The highest BCUT2D eigenvalue weighted by molar-refractivity contribution is 5.92. The fraction of sp³-hybridized carbons (Fsp3) is 0.296. The molecule has 0 fully saturated rings. The number of benzene rings is 3. The normalized spacial score (nSPS) is 11.7. The molecule has 0 aliphatic heterocycles. The third-order valence-corrected chi connectivity index (χ3v) is 5.23. The molecule has 0 spiro atoms. The number of carbonyl (C=O) groups is 1. The zero-order chi connectivity index (χ0) is 25.0. The Bertz CT molecular complexity index is 1090. The van der Waals surface area contributed by atoms with Gasteiger partial charge in [-0.2, -0.15) is 0 Å². The van der Waals surface area contributed by atoms with Crippen molar-refractivity contribution in [1.29, 1.82) is 0 Å². The lowest BCUT2D eigenvalue weighted by Crippen LogP contribution is -2.26. The smallest absolute Gasteiger partial charge is 0.339 e. The summed E-state index contributed by atoms with van der Waals surface area (Å²) in [5.74, 6) is 0.0691. The lowest BCUT2D eigenvalue weighted by Gasteiger charge is -2.13. The summed E-state index contributed by atoms with van der Waals surface area (Å²) in [6, 6.07) is 19.0. The molecule has 0 heterocycles. The van der Waals surface area contributed by atoms with E-state index in [1.165, 1.54) is 12.1 Å². The van der Waals surface area contributed by atoms with Crippen molar-refractivity contribution in [2.24, 2.45) is 0 Å². The van der Waals surface area contributed by atoms with E-state index in [1.807, 2.05) is 31.2 Å². The zero-order valence-corrected chi connectivity index (χ0v) is 19.6. The van der Waals surface area contributed by atoms with Gasteiger partial charge in [-0.05, 0) is 60.0 Å². The number of nitrogens with one attached hydrogen (secondary N) is 1. The van der Waals surface area contributed by atoms with E-state index in [1.54, 1.807) is 30.3 Å². The number of hydrogen-bond acceptors (Lipinski definition) is 7. The number of hydrogen-bond donors (Lipinski definition) is 4. The highest BCUT2D eigenvalue weighted by atomic mass is 16.5. The van der Waals surface area contributed by atoms with Crippen molar-refractivity contribution in [1.82, 2.24) is 5.32 Å². The minimum atomic E-state index is -1.05. The molecule has 0 aromatic heterocycles. The summed E-state index contributed by atoms with van der Waals surface area (Å²) >= 11 is 0. The van der Waals surface area contributed by atoms with E-state index < -0.39 is 12.1 Å². The zero-order valence-electron chi connectivity index (χ0n) is 19.6. The quantitative estimate of drug-likeness (QED) is 0.256. The monoisotopic (exact) mass is 481 g/mol. The standard InChI is InChI=1S/C27H31NO7/c1-2-33-14-15-35-26-17-20(8-11-24(26)27(31)32)19-6-9-23(10-7-19)34-13-12-28-18-25(30)21-4-3-5-22(29)16-21/h3-11,16-17,25,28-30H,2,12-15,18H2,1H3,(H,31,32)/t25-/m1/s1. The minimum Gasteiger partial charge on any atom is -0.508 e. The van der Waals surface area contributed by atoms with Crippen LogP contribution in [-0.4, -0.2) is 60.8 Å². The topological polar surface area (TPSA) is 117 Å². The van der Waals surface area contributed by atoms with Gasteiger partial charge in [-0.3, -0.25) is 0 Å². The Morgan fingerprint density at radius 2 is 1.71 bits per heavy atom. The molecule has 8 nitrogen and oxygen atoms in total. The fourth-order valence-corrected chi connectivity index (χ4v) is 3.43. The summed E-state index contributed by atoms with van der Waals surface area (Å²) in [7, 11) is 0. The van der Waals surface area contributed by atoms with Crippen LogP contribution in [0.4, 0.5) is 0 Å². The average molecular weight is 482 g/mol. The van der Waals surface area contributed by atoms with Crippen molar-refractivity contribution < 1.29 is 34.3 Å². The van der Waals surface area contributed by atoms with Crippen molar-refractivity contribution in [3.63, 3.8) is 0 Å². The van der Waals surface area contributed by atoms with E-state index >= 15 is 0 Å². The Hall–Kier alpha value is -3.59. The van der Waals surface area contributed by atoms with E-state index in [2.05, 4.69) is 5.32 Å². The molecule has 3 rings (SSSR count). The highest BCUT2D eigenvalue weighted by Crippen LogP contribution is 2.29. The van der Waals surface area contributed by atoms with Gasteiger partial charge in [-0.25, -0.2) is 4.79 Å². The third kappa shape index (κ3) is 7.99. The number of aliphatic hydroxyl groups is 1. The molecule has 0 aliphatic carbocycles. The molecule has 0 saturated heterocycles. The molecule has 8 heteroatoms. The molecule has 0 radical (unpaired) electrons. The number of aromatic carboxylic acids is 1. The van der Waals surface area contributed by atoms with Crippen LogP contribution < -0.4 is 14.8 Å². The first kappa shape index (κ1) is 26.0. The van der Waals surface area contributed by atoms with Gasteiger partial charge >= 0.3 is 5.97 Å². The molecule has 0 unspecified atom stereocenters. The first-order valence-corrected chi connectivity index (χ1v) is 11.5. The lowest BCUT2D eigenvalue weighted by molar-refractivity contribution is 0.0687. The van der Waals surface area contributed by atoms with E-state index in [-0.39, 0.29) is 17.9 Å². The van der Waals surface area contributed by atoms with Gasteiger partial charge < -0.3 is 34.8 Å². The average Bonchev–Trinajstić information content (AvgIpc) is 2.86. The van der Waals surface area contributed by atoms with Crippen LogP contribution in [0.3, 0.4) is 0 Å². The van der Waals surface area contributed by atoms with Crippen LogP contribution in [0.15, 0.2) is 66.7 Å². The summed E-state index contributed by atoms with van der Waals surface area (Å²) in [4.78, 5) is 11.5. The SMILES string of the molecule is CCOCCOc1cc(-c2ccc(OCCNC[C@@H](O)c3cccc(O)c3)cc2)ccc1C(=O)O. The van der Waals surface area contributed by atoms with Gasteiger partial charge in [-0.1, -0.05) is 30.3 Å². The van der Waals surface area contributed by atoms with Crippen LogP contribution in [-0.2, 0) is 4.74 Å². The van der Waals surface area contributed by atoms with Crippen LogP contribution in [0.25, 0.3) is 11.1 Å². The number of rotatable bonds is 14. The van der Waals surface area contributed by atoms with Gasteiger partial charge in [0.05, 0.1) is 12.7 Å². The second-order valence-electron chi connectivity index (χ2n) is 7.75. The van der Waals surface area contributed by atoms with E-state index in [9.17, 15) is 20.1 Å². The maximum absolute atomic E-state index is 11.5. The van der Waals surface area contributed by atoms with Gasteiger partial charge in [-0.15, -0.1) is 0 Å². The molecule has 0 saturated carbocycles. The summed E-state index contributed by atoms with van der Waals surface area (Å²) in [5, 5.41) is 32.2. The van der Waals surface area contributed by atoms with Gasteiger partial charge in [0.2, 0.25) is 0 Å². The van der Waals surface area contributed by atoms with Crippen LogP contribution >= 0.6 is 0 Å². The molecule has 3 aromatic carbocycles. The number of ether oxygens (including phenoxy) is 3. The summed E-state index contributed by atoms with van der Waals surface area (Å²) in [6.07, 6.45) is -0.720. The van der Waals surface area contributed by atoms with E-state index in [0.717, 1.165) is 11.1 Å². The Morgan fingerprint density at radius 1 is 0.943 bits per heavy atom. The third-order valence-electron chi connectivity index (χ3n) is 5.23. The van der Waals surface area contributed by atoms with Crippen LogP contribution in [0.2, 0.25) is 0 Å². The maximum atomic E-state index is 11.5. The summed E-state index contributed by atoms with van der Waals surface area (Å²) in [5.41, 5.74) is 2.48. The second kappa shape index (κ2) is 13.3. The van der Waals surface area contributed by atoms with Gasteiger partial charge in [0.25, 0.3) is 0 Å². The van der Waals surface area contributed by atoms with Crippen LogP contribution in [0.1, 0.15) is 28.9 Å². The Labute approximate surface area is 204 Å². The summed E-state index contributed by atoms with van der Waals surface area (Å²) < 4.78 is 16.7. The first-order valence-electron chi connectivity index (χ1n) is 11.5. The molecule has 0 aliphatic rings. The highest BCUT2D eigenvalue weighted by Gasteiger charge is 2.13. The molecular formula is C27H31NO7. The molecule has 4 N–H and O–H groups in total. The number of carboxylic acid groups (broad SMARTS) is 1. The molecule has 3 aromatic rings. The van der Waals surface area contributed by atoms with Crippen LogP contribution in [0, 0.1) is 0 Å². The van der Waals surface area contributed by atoms with Crippen molar-refractivity contribution in [3.05, 3.63) is 77.9 Å². The minimum absolute atomic E-state index is 0.104. The Balaban J connectivity index is 1.50. The summed E-state index contributed by atoms with van der Waals surface area (Å²) in [6.45, 7) is 4.40. The van der Waals surface area contributed by atoms with Gasteiger partial charge in [0.15, 0.2) is 0 Å². The van der Waals surface area contributed by atoms with Gasteiger partial charge in [0.1, 0.15) is 36.0 Å². The Morgan fingerprint density at radius 3 is 2.43 bits per heavy atom. The molecule has 0 amide bonds. The maximum Gasteiger partial charge on any atom is 0.339 e. The van der Waals surface area contributed by atoms with Crippen molar-refractivity contribution >= 4 is 5.97 Å². The molecule has 186 valence electrons. The van der Waals surface area contributed by atoms with Crippen molar-refractivity contribution in [2.45, 2.75) is 13.0 Å². The largest absolute Gasteiger partial charge is 0.508 e. The van der Waals surface area contributed by atoms with E-state index in [0.29, 0.717) is 50.0 Å². The molecular weight excluding hydrogens is 450 g/mol. The van der Waals surface area contributed by atoms with Crippen LogP contribution in [0.5, 0.6) is 17.2 Å². The molecule has 35 heavy (non-hydrogen) atoms. The first-order chi connectivity index (χ1) is 17.0.